The second kappa shape index (κ2) is 4.75. The molecule has 1 heteroatoms. The number of aromatic nitrogens is 1. The first-order valence-corrected chi connectivity index (χ1v) is 7.04. The molecule has 0 bridgehead atoms. The van der Waals surface area contributed by atoms with E-state index in [0.717, 1.165) is 0 Å². The molecule has 0 unspecified atom stereocenters. The van der Waals surface area contributed by atoms with Crippen LogP contribution in [0.15, 0.2) is 48.5 Å². The highest BCUT2D eigenvalue weighted by atomic mass is 14.9. The van der Waals surface area contributed by atoms with Crippen molar-refractivity contribution in [1.29, 1.82) is 0 Å². The third-order valence-corrected chi connectivity index (χ3v) is 4.09. The van der Waals surface area contributed by atoms with Crippen molar-refractivity contribution >= 4 is 10.8 Å². The largest absolute Gasteiger partial charge is 0.220 e. The number of hydrogen-bond acceptors (Lipinski definition) is 0. The molecule has 2 aromatic carbocycles. The summed E-state index contributed by atoms with van der Waals surface area (Å²) in [5.41, 5.74) is 6.52. The van der Waals surface area contributed by atoms with Crippen LogP contribution in [-0.4, -0.2) is 0 Å². The predicted octanol–water partition coefficient (Wildman–Crippen LogP) is 4.26. The van der Waals surface area contributed by atoms with Crippen molar-refractivity contribution in [2.75, 3.05) is 0 Å². The Hall–Kier alpha value is -2.15. The molecular formula is C19H20N+. The lowest BCUT2D eigenvalue weighted by Crippen LogP contribution is -2.35. The minimum atomic E-state index is 1.28. The first-order chi connectivity index (χ1) is 9.58. The summed E-state index contributed by atoms with van der Waals surface area (Å²) in [7, 11) is 2.15. The Morgan fingerprint density at radius 1 is 0.850 bits per heavy atom. The molecule has 0 saturated carbocycles. The van der Waals surface area contributed by atoms with Gasteiger partial charge in [-0.05, 0) is 36.9 Å². The van der Waals surface area contributed by atoms with Gasteiger partial charge in [0.15, 0.2) is 5.69 Å². The van der Waals surface area contributed by atoms with E-state index in [2.05, 4.69) is 80.9 Å². The van der Waals surface area contributed by atoms with Crippen LogP contribution in [0, 0.1) is 20.8 Å². The molecule has 3 rings (SSSR count). The van der Waals surface area contributed by atoms with Crippen molar-refractivity contribution in [1.82, 2.24) is 0 Å². The first-order valence-electron chi connectivity index (χ1n) is 7.04. The number of rotatable bonds is 1. The molecule has 3 aromatic rings. The zero-order valence-corrected chi connectivity index (χ0v) is 12.6. The van der Waals surface area contributed by atoms with Crippen molar-refractivity contribution in [3.05, 3.63) is 65.4 Å². The molecule has 0 aliphatic heterocycles. The van der Waals surface area contributed by atoms with Gasteiger partial charge in [-0.25, -0.2) is 0 Å². The van der Waals surface area contributed by atoms with E-state index in [1.54, 1.807) is 0 Å². The second-order valence-corrected chi connectivity index (χ2v) is 5.60. The monoisotopic (exact) mass is 262 g/mol. The van der Waals surface area contributed by atoms with E-state index in [0.29, 0.717) is 0 Å². The van der Waals surface area contributed by atoms with E-state index >= 15 is 0 Å². The van der Waals surface area contributed by atoms with Gasteiger partial charge in [0.25, 0.3) is 0 Å². The normalized spacial score (nSPS) is 11.0. The van der Waals surface area contributed by atoms with Crippen LogP contribution in [0.5, 0.6) is 0 Å². The van der Waals surface area contributed by atoms with Gasteiger partial charge in [-0.2, -0.15) is 4.57 Å². The summed E-state index contributed by atoms with van der Waals surface area (Å²) >= 11 is 0. The topological polar surface area (TPSA) is 3.88 Å². The summed E-state index contributed by atoms with van der Waals surface area (Å²) < 4.78 is 2.29. The molecule has 0 spiro atoms. The number of benzene rings is 2. The van der Waals surface area contributed by atoms with E-state index in [1.807, 2.05) is 0 Å². The summed E-state index contributed by atoms with van der Waals surface area (Å²) in [5, 5.41) is 2.64. The molecule has 0 N–H and O–H groups in total. The van der Waals surface area contributed by atoms with Gasteiger partial charge in [0.2, 0.25) is 5.69 Å². The molecule has 1 heterocycles. The smallest absolute Gasteiger partial charge is 0.198 e. The maximum atomic E-state index is 2.29. The maximum Gasteiger partial charge on any atom is 0.220 e. The van der Waals surface area contributed by atoms with E-state index in [9.17, 15) is 0 Å². The van der Waals surface area contributed by atoms with Crippen LogP contribution >= 0.6 is 0 Å². The minimum Gasteiger partial charge on any atom is -0.198 e. The molecule has 0 saturated heterocycles. The molecule has 0 radical (unpaired) electrons. The fourth-order valence-electron chi connectivity index (χ4n) is 2.86. The van der Waals surface area contributed by atoms with Crippen LogP contribution in [0.25, 0.3) is 22.0 Å². The van der Waals surface area contributed by atoms with E-state index < -0.39 is 0 Å². The van der Waals surface area contributed by atoms with Crippen molar-refractivity contribution in [2.24, 2.45) is 7.05 Å². The van der Waals surface area contributed by atoms with E-state index in [-0.39, 0.29) is 0 Å². The lowest BCUT2D eigenvalue weighted by Gasteiger charge is -2.10. The minimum absolute atomic E-state index is 1.28. The quantitative estimate of drug-likeness (QED) is 0.577. The summed E-state index contributed by atoms with van der Waals surface area (Å²) in [4.78, 5) is 0. The maximum absolute atomic E-state index is 2.29. The van der Waals surface area contributed by atoms with Crippen LogP contribution in [0.1, 0.15) is 16.8 Å². The van der Waals surface area contributed by atoms with Gasteiger partial charge in [-0.15, -0.1) is 0 Å². The summed E-state index contributed by atoms with van der Waals surface area (Å²) in [6, 6.07) is 17.6. The van der Waals surface area contributed by atoms with Crippen molar-refractivity contribution in [3.8, 4) is 11.3 Å². The van der Waals surface area contributed by atoms with Gasteiger partial charge < -0.3 is 0 Å². The number of nitrogens with zero attached hydrogens (tertiary/aromatic N) is 1. The summed E-state index contributed by atoms with van der Waals surface area (Å²) in [5.74, 6) is 0. The molecular weight excluding hydrogens is 242 g/mol. The Balaban J connectivity index is 2.45. The van der Waals surface area contributed by atoms with Crippen molar-refractivity contribution in [3.63, 3.8) is 0 Å². The molecule has 0 amide bonds. The van der Waals surface area contributed by atoms with Gasteiger partial charge in [-0.1, -0.05) is 35.9 Å². The summed E-state index contributed by atoms with van der Waals surface area (Å²) in [6.45, 7) is 6.50. The second-order valence-electron chi connectivity index (χ2n) is 5.60. The van der Waals surface area contributed by atoms with E-state index in [1.165, 1.54) is 38.9 Å². The third-order valence-electron chi connectivity index (χ3n) is 4.09. The molecule has 0 aliphatic rings. The summed E-state index contributed by atoms with van der Waals surface area (Å²) in [6.07, 6.45) is 0. The highest BCUT2D eigenvalue weighted by Crippen LogP contribution is 2.28. The average Bonchev–Trinajstić information content (AvgIpc) is 2.42. The van der Waals surface area contributed by atoms with Gasteiger partial charge in [0, 0.05) is 18.6 Å². The number of aryl methyl sites for hydroxylation is 3. The fourth-order valence-corrected chi connectivity index (χ4v) is 2.86. The molecule has 1 aromatic heterocycles. The van der Waals surface area contributed by atoms with Crippen LogP contribution < -0.4 is 4.57 Å². The molecule has 20 heavy (non-hydrogen) atoms. The van der Waals surface area contributed by atoms with E-state index in [4.69, 9.17) is 0 Å². The van der Waals surface area contributed by atoms with Gasteiger partial charge >= 0.3 is 0 Å². The van der Waals surface area contributed by atoms with Gasteiger partial charge in [-0.3, -0.25) is 0 Å². The average molecular weight is 262 g/mol. The zero-order chi connectivity index (χ0) is 14.3. The standard InChI is InChI=1S/C19H20N/c1-13-9-10-18-16(11-13)12-15(3)20(4)19(18)17-8-6-5-7-14(17)2/h5-12H,1-4H3/q+1. The Labute approximate surface area is 120 Å². The molecule has 1 nitrogen and oxygen atoms in total. The highest BCUT2D eigenvalue weighted by Gasteiger charge is 2.18. The first kappa shape index (κ1) is 12.9. The number of hydrogen-bond donors (Lipinski definition) is 0. The van der Waals surface area contributed by atoms with Crippen molar-refractivity contribution < 1.29 is 4.57 Å². The SMILES string of the molecule is Cc1ccc2c(-c3ccccc3C)[n+](C)c(C)cc2c1. The van der Waals surface area contributed by atoms with Crippen molar-refractivity contribution in [2.45, 2.75) is 20.8 Å². The van der Waals surface area contributed by atoms with Crippen LogP contribution in [0.3, 0.4) is 0 Å². The van der Waals surface area contributed by atoms with Gasteiger partial charge in [0.1, 0.15) is 7.05 Å². The van der Waals surface area contributed by atoms with Gasteiger partial charge in [0.05, 0.1) is 5.39 Å². The Bertz CT molecular complexity index is 800. The van der Waals surface area contributed by atoms with Crippen LogP contribution in [-0.2, 0) is 7.05 Å². The predicted molar refractivity (Wildman–Crippen MR) is 84.8 cm³/mol. The fraction of sp³-hybridized carbons (Fsp3) is 0.211. The van der Waals surface area contributed by atoms with Crippen LogP contribution in [0.2, 0.25) is 0 Å². The van der Waals surface area contributed by atoms with Crippen LogP contribution in [0.4, 0.5) is 0 Å². The molecule has 100 valence electrons. The lowest BCUT2D eigenvalue weighted by atomic mass is 9.98. The molecule has 0 atom stereocenters. The highest BCUT2D eigenvalue weighted by molar-refractivity contribution is 5.94. The zero-order valence-electron chi connectivity index (χ0n) is 12.6. The third kappa shape index (κ3) is 2.00. The Morgan fingerprint density at radius 2 is 1.60 bits per heavy atom. The molecule has 0 aliphatic carbocycles. The Morgan fingerprint density at radius 3 is 2.35 bits per heavy atom. The Kier molecular flexibility index (Phi) is 3.06. The number of pyridine rings is 1. The number of fused-ring (bicyclic) bond motifs is 1. The lowest BCUT2D eigenvalue weighted by molar-refractivity contribution is -0.665. The molecule has 0 fully saturated rings.